The molecule has 0 saturated heterocycles. The number of hydrogen-bond donors (Lipinski definition) is 0. The first-order chi connectivity index (χ1) is 9.24. The molecule has 0 unspecified atom stereocenters. The Balaban J connectivity index is 1.65. The van der Waals surface area contributed by atoms with E-state index in [-0.39, 0.29) is 5.75 Å². The van der Waals surface area contributed by atoms with Crippen molar-refractivity contribution in [2.45, 2.75) is 32.1 Å². The van der Waals surface area contributed by atoms with Crippen LogP contribution in [-0.2, 0) is 0 Å². The number of ether oxygens (including phenoxy) is 1. The Morgan fingerprint density at radius 2 is 1.89 bits per heavy atom. The summed E-state index contributed by atoms with van der Waals surface area (Å²) >= 11 is 0. The van der Waals surface area contributed by atoms with E-state index in [9.17, 15) is 8.78 Å². The van der Waals surface area contributed by atoms with Gasteiger partial charge >= 0.3 is 0 Å². The molecule has 2 saturated carbocycles. The minimum absolute atomic E-state index is 0.0294. The minimum Gasteiger partial charge on any atom is -0.490 e. The summed E-state index contributed by atoms with van der Waals surface area (Å²) in [7, 11) is 0. The summed E-state index contributed by atoms with van der Waals surface area (Å²) in [6.45, 7) is 0.471. The molecule has 2 aliphatic rings. The second kappa shape index (κ2) is 5.32. The maximum Gasteiger partial charge on any atom is 0.201 e. The Labute approximate surface area is 112 Å². The smallest absolute Gasteiger partial charge is 0.201 e. The van der Waals surface area contributed by atoms with E-state index in [1.807, 2.05) is 6.08 Å². The zero-order valence-corrected chi connectivity index (χ0v) is 10.9. The van der Waals surface area contributed by atoms with E-state index in [1.54, 1.807) is 12.1 Å². The molecule has 0 N–H and O–H groups in total. The van der Waals surface area contributed by atoms with Gasteiger partial charge in [-0.3, -0.25) is 0 Å². The van der Waals surface area contributed by atoms with Crippen LogP contribution in [0.2, 0.25) is 0 Å². The van der Waals surface area contributed by atoms with Crippen molar-refractivity contribution in [1.29, 1.82) is 0 Å². The lowest BCUT2D eigenvalue weighted by Crippen LogP contribution is -2.02. The molecule has 3 heteroatoms. The Kier molecular flexibility index (Phi) is 3.54. The predicted molar refractivity (Wildman–Crippen MR) is 71.0 cm³/mol. The van der Waals surface area contributed by atoms with Crippen molar-refractivity contribution < 1.29 is 13.5 Å². The Morgan fingerprint density at radius 1 is 1.11 bits per heavy atom. The highest BCUT2D eigenvalue weighted by Crippen LogP contribution is 2.33. The predicted octanol–water partition coefficient (Wildman–Crippen LogP) is 4.57. The standard InChI is InChI=1S/C16H18F2O/c17-15-13(6-5-11-1-2-11)7-8-14(16(15)18)19-10-9-12-3-4-12/h5-8,11-12H,1-4,9-10H2/b6-5+. The third-order valence-corrected chi connectivity index (χ3v) is 3.73. The third kappa shape index (κ3) is 3.34. The summed E-state index contributed by atoms with van der Waals surface area (Å²) in [5.74, 6) is -0.359. The van der Waals surface area contributed by atoms with E-state index in [4.69, 9.17) is 4.74 Å². The molecule has 0 atom stereocenters. The SMILES string of the molecule is Fc1c(/C=C/C2CC2)ccc(OCCC2CC2)c1F. The van der Waals surface area contributed by atoms with Gasteiger partial charge in [-0.1, -0.05) is 25.0 Å². The van der Waals surface area contributed by atoms with Crippen molar-refractivity contribution in [3.63, 3.8) is 0 Å². The highest BCUT2D eigenvalue weighted by atomic mass is 19.2. The van der Waals surface area contributed by atoms with Crippen molar-refractivity contribution in [2.24, 2.45) is 11.8 Å². The molecule has 102 valence electrons. The first kappa shape index (κ1) is 12.6. The molecule has 1 nitrogen and oxygen atoms in total. The van der Waals surface area contributed by atoms with Crippen LogP contribution in [0.3, 0.4) is 0 Å². The summed E-state index contributed by atoms with van der Waals surface area (Å²) in [6, 6.07) is 3.11. The highest BCUT2D eigenvalue weighted by Gasteiger charge is 2.21. The lowest BCUT2D eigenvalue weighted by atomic mass is 10.1. The molecule has 0 amide bonds. The van der Waals surface area contributed by atoms with Gasteiger partial charge in [-0.05, 0) is 43.2 Å². The van der Waals surface area contributed by atoms with E-state index in [0.29, 0.717) is 18.1 Å². The van der Waals surface area contributed by atoms with Crippen LogP contribution in [-0.4, -0.2) is 6.61 Å². The Hall–Kier alpha value is -1.38. The Morgan fingerprint density at radius 3 is 2.58 bits per heavy atom. The zero-order valence-electron chi connectivity index (χ0n) is 10.9. The van der Waals surface area contributed by atoms with Crippen LogP contribution in [0.4, 0.5) is 8.78 Å². The molecule has 3 rings (SSSR count). The molecule has 0 aromatic heterocycles. The van der Waals surface area contributed by atoms with Crippen LogP contribution < -0.4 is 4.74 Å². The molecule has 0 heterocycles. The molecule has 1 aromatic rings. The number of allylic oxidation sites excluding steroid dienone is 1. The van der Waals surface area contributed by atoms with Gasteiger partial charge in [0.15, 0.2) is 11.6 Å². The summed E-state index contributed by atoms with van der Waals surface area (Å²) < 4.78 is 33.0. The van der Waals surface area contributed by atoms with Crippen LogP contribution in [0.25, 0.3) is 6.08 Å². The fourth-order valence-electron chi connectivity index (χ4n) is 2.06. The third-order valence-electron chi connectivity index (χ3n) is 3.73. The van der Waals surface area contributed by atoms with Crippen LogP contribution in [0, 0.1) is 23.5 Å². The minimum atomic E-state index is -0.867. The van der Waals surface area contributed by atoms with Crippen molar-refractivity contribution in [3.8, 4) is 5.75 Å². The average molecular weight is 264 g/mol. The lowest BCUT2D eigenvalue weighted by Gasteiger charge is -2.08. The first-order valence-electron chi connectivity index (χ1n) is 7.03. The monoisotopic (exact) mass is 264 g/mol. The van der Waals surface area contributed by atoms with Gasteiger partial charge in [0.25, 0.3) is 0 Å². The van der Waals surface area contributed by atoms with E-state index in [1.165, 1.54) is 18.9 Å². The molecule has 19 heavy (non-hydrogen) atoms. The molecule has 0 aliphatic heterocycles. The van der Waals surface area contributed by atoms with Crippen LogP contribution >= 0.6 is 0 Å². The van der Waals surface area contributed by atoms with Crippen LogP contribution in [0.1, 0.15) is 37.7 Å². The number of rotatable bonds is 6. The highest BCUT2D eigenvalue weighted by molar-refractivity contribution is 5.52. The van der Waals surface area contributed by atoms with E-state index >= 15 is 0 Å². The van der Waals surface area contributed by atoms with E-state index in [2.05, 4.69) is 0 Å². The molecule has 0 bridgehead atoms. The van der Waals surface area contributed by atoms with Gasteiger partial charge in [-0.2, -0.15) is 4.39 Å². The maximum absolute atomic E-state index is 13.8. The zero-order chi connectivity index (χ0) is 13.2. The number of benzene rings is 1. The first-order valence-corrected chi connectivity index (χ1v) is 7.03. The molecular weight excluding hydrogens is 246 g/mol. The Bertz CT molecular complexity index is 488. The van der Waals surface area contributed by atoms with Crippen molar-refractivity contribution in [3.05, 3.63) is 35.4 Å². The van der Waals surface area contributed by atoms with Crippen LogP contribution in [0.15, 0.2) is 18.2 Å². The molecule has 0 radical (unpaired) electrons. The van der Waals surface area contributed by atoms with Crippen molar-refractivity contribution in [2.75, 3.05) is 6.61 Å². The normalized spacial score (nSPS) is 19.1. The maximum atomic E-state index is 13.8. The number of hydrogen-bond acceptors (Lipinski definition) is 1. The van der Waals surface area contributed by atoms with Gasteiger partial charge in [0.1, 0.15) is 0 Å². The van der Waals surface area contributed by atoms with Crippen LogP contribution in [0.5, 0.6) is 5.75 Å². The summed E-state index contributed by atoms with van der Waals surface area (Å²) in [5, 5.41) is 0. The fourth-order valence-corrected chi connectivity index (χ4v) is 2.06. The second-order valence-corrected chi connectivity index (χ2v) is 5.56. The summed E-state index contributed by atoms with van der Waals surface area (Å²) in [4.78, 5) is 0. The van der Waals surface area contributed by atoms with Gasteiger partial charge < -0.3 is 4.74 Å². The second-order valence-electron chi connectivity index (χ2n) is 5.56. The van der Waals surface area contributed by atoms with Gasteiger partial charge in [0.2, 0.25) is 5.82 Å². The van der Waals surface area contributed by atoms with Gasteiger partial charge in [-0.15, -0.1) is 0 Å². The van der Waals surface area contributed by atoms with Crippen molar-refractivity contribution >= 4 is 6.08 Å². The fraction of sp³-hybridized carbons (Fsp3) is 0.500. The average Bonchev–Trinajstić information content (AvgIpc) is 3.26. The molecular formula is C16H18F2O. The number of halogens is 2. The van der Waals surface area contributed by atoms with E-state index < -0.39 is 11.6 Å². The molecule has 1 aromatic carbocycles. The molecule has 2 fully saturated rings. The summed E-state index contributed by atoms with van der Waals surface area (Å²) in [5.41, 5.74) is 0.305. The summed E-state index contributed by atoms with van der Waals surface area (Å²) in [6.07, 6.45) is 9.35. The quantitative estimate of drug-likeness (QED) is 0.731. The molecule has 0 spiro atoms. The van der Waals surface area contributed by atoms with E-state index in [0.717, 1.165) is 25.2 Å². The van der Waals surface area contributed by atoms with Gasteiger partial charge in [0, 0.05) is 5.56 Å². The molecule has 2 aliphatic carbocycles. The topological polar surface area (TPSA) is 9.23 Å². The largest absolute Gasteiger partial charge is 0.490 e. The van der Waals surface area contributed by atoms with Crippen molar-refractivity contribution in [1.82, 2.24) is 0 Å². The lowest BCUT2D eigenvalue weighted by molar-refractivity contribution is 0.283. The van der Waals surface area contributed by atoms with Gasteiger partial charge in [0.05, 0.1) is 6.61 Å². The van der Waals surface area contributed by atoms with Gasteiger partial charge in [-0.25, -0.2) is 4.39 Å².